The number of nitrogens with zero attached hydrogens (tertiary/aromatic N) is 8. The lowest BCUT2D eigenvalue weighted by Gasteiger charge is -2.39. The monoisotopic (exact) mass is 376 g/mol. The highest BCUT2D eigenvalue weighted by atomic mass is 16.7. The van der Waals surface area contributed by atoms with Crippen LogP contribution in [0.25, 0.3) is 0 Å². The molecule has 3 rings (SSSR count). The molecule has 0 saturated carbocycles. The summed E-state index contributed by atoms with van der Waals surface area (Å²) < 4.78 is 0. The zero-order valence-electron chi connectivity index (χ0n) is 12.2. The number of piperazine rings is 1. The standard InChI is InChI=1S/C6H8N12O8/c19-15(20)11-5-7-1-2(8-5)14(18(25)26)4-3(13(1)17(23)24)9-6(10-4)12-16(21)22/h1-4H,(H2,7,8,11)(H2,9,10,12). The molecule has 4 N–H and O–H groups in total. The van der Waals surface area contributed by atoms with Crippen molar-refractivity contribution in [2.75, 3.05) is 0 Å². The van der Waals surface area contributed by atoms with Crippen molar-refractivity contribution >= 4 is 11.9 Å². The summed E-state index contributed by atoms with van der Waals surface area (Å²) in [5.41, 5.74) is 0. The first-order valence-electron chi connectivity index (χ1n) is 6.56. The van der Waals surface area contributed by atoms with Crippen LogP contribution in [0.4, 0.5) is 0 Å². The minimum Gasteiger partial charge on any atom is -0.323 e. The van der Waals surface area contributed by atoms with Crippen molar-refractivity contribution < 1.29 is 20.1 Å². The van der Waals surface area contributed by atoms with Crippen molar-refractivity contribution in [3.63, 3.8) is 0 Å². The SMILES string of the molecule is O=[N+]([O-])N=C1NC2C(N1)N([N+](=O)[O-])C1NC(=N[N+](=O)[O-])NC1N2[N+](=O)[O-]. The molecular formula is C6H8N12O8. The van der Waals surface area contributed by atoms with Gasteiger partial charge in [0.1, 0.15) is 10.2 Å². The molecule has 0 radical (unpaired) electrons. The number of hydrogen-bond donors (Lipinski definition) is 4. The van der Waals surface area contributed by atoms with E-state index in [0.717, 1.165) is 0 Å². The Hall–Kier alpha value is -4.26. The first kappa shape index (κ1) is 16.6. The molecule has 0 spiro atoms. The lowest BCUT2D eigenvalue weighted by molar-refractivity contribution is -0.724. The van der Waals surface area contributed by atoms with Crippen LogP contribution in [0.2, 0.25) is 0 Å². The number of rotatable bonds is 4. The molecule has 3 saturated heterocycles. The molecular weight excluding hydrogens is 368 g/mol. The molecule has 140 valence electrons. The van der Waals surface area contributed by atoms with Crippen LogP contribution in [-0.2, 0) is 0 Å². The van der Waals surface area contributed by atoms with Crippen molar-refractivity contribution in [1.82, 2.24) is 31.3 Å². The van der Waals surface area contributed by atoms with Crippen LogP contribution in [0.3, 0.4) is 0 Å². The minimum atomic E-state index is -1.46. The summed E-state index contributed by atoms with van der Waals surface area (Å²) in [5, 5.41) is 55.7. The van der Waals surface area contributed by atoms with E-state index >= 15 is 0 Å². The fourth-order valence-electron chi connectivity index (χ4n) is 2.83. The van der Waals surface area contributed by atoms with E-state index < -0.39 is 56.7 Å². The summed E-state index contributed by atoms with van der Waals surface area (Å²) in [6, 6.07) is 0. The van der Waals surface area contributed by atoms with Gasteiger partial charge in [0.15, 0.2) is 20.1 Å². The van der Waals surface area contributed by atoms with Crippen molar-refractivity contribution in [3.8, 4) is 0 Å². The van der Waals surface area contributed by atoms with Gasteiger partial charge in [-0.2, -0.15) is 0 Å². The molecule has 20 nitrogen and oxygen atoms in total. The molecule has 20 heteroatoms. The second-order valence-electron chi connectivity index (χ2n) is 4.97. The predicted molar refractivity (Wildman–Crippen MR) is 74.2 cm³/mol. The lowest BCUT2D eigenvalue weighted by Crippen LogP contribution is -2.75. The fraction of sp³-hybridized carbons (Fsp3) is 0.667. The van der Waals surface area contributed by atoms with Gasteiger partial charge >= 0.3 is 0 Å². The first-order valence-corrected chi connectivity index (χ1v) is 6.56. The molecule has 0 aliphatic carbocycles. The minimum absolute atomic E-state index is 0.472. The Balaban J connectivity index is 2.01. The molecule has 0 aromatic heterocycles. The second kappa shape index (κ2) is 5.67. The summed E-state index contributed by atoms with van der Waals surface area (Å²) in [6.07, 6.45) is -5.83. The van der Waals surface area contributed by atoms with Crippen LogP contribution in [0.15, 0.2) is 10.2 Å². The molecule has 3 aliphatic heterocycles. The van der Waals surface area contributed by atoms with Crippen LogP contribution < -0.4 is 21.3 Å². The molecule has 0 bridgehead atoms. The number of fused-ring (bicyclic) bond motifs is 2. The number of hydrogen-bond acceptors (Lipinski definition) is 8. The summed E-state index contributed by atoms with van der Waals surface area (Å²) in [6.45, 7) is 0. The maximum absolute atomic E-state index is 11.4. The Kier molecular flexibility index (Phi) is 3.62. The molecule has 26 heavy (non-hydrogen) atoms. The van der Waals surface area contributed by atoms with Crippen LogP contribution in [0.1, 0.15) is 0 Å². The van der Waals surface area contributed by atoms with E-state index in [1.54, 1.807) is 0 Å². The van der Waals surface area contributed by atoms with Gasteiger partial charge in [-0.1, -0.05) is 10.0 Å². The zero-order chi connectivity index (χ0) is 19.2. The number of nitrogens with one attached hydrogen (secondary N) is 4. The number of hydrazine groups is 2. The smallest absolute Gasteiger partial charge is 0.272 e. The van der Waals surface area contributed by atoms with Gasteiger partial charge in [-0.05, 0) is 0 Å². The summed E-state index contributed by atoms with van der Waals surface area (Å²) in [5.74, 6) is -1.05. The molecule has 0 aromatic carbocycles. The highest BCUT2D eigenvalue weighted by Crippen LogP contribution is 2.27. The highest BCUT2D eigenvalue weighted by Gasteiger charge is 2.64. The van der Waals surface area contributed by atoms with Gasteiger partial charge in [0.05, 0.1) is 0 Å². The quantitative estimate of drug-likeness (QED) is 0.268. The third-order valence-corrected chi connectivity index (χ3v) is 3.62. The molecule has 0 amide bonds. The van der Waals surface area contributed by atoms with Gasteiger partial charge in [0.25, 0.3) is 11.9 Å². The third-order valence-electron chi connectivity index (χ3n) is 3.62. The van der Waals surface area contributed by atoms with Crippen LogP contribution in [0.5, 0.6) is 0 Å². The Morgan fingerprint density at radius 3 is 1.12 bits per heavy atom. The highest BCUT2D eigenvalue weighted by molar-refractivity contribution is 5.83. The maximum Gasteiger partial charge on any atom is 0.272 e. The van der Waals surface area contributed by atoms with E-state index in [9.17, 15) is 40.5 Å². The van der Waals surface area contributed by atoms with Gasteiger partial charge in [0.2, 0.25) is 24.7 Å². The van der Waals surface area contributed by atoms with E-state index in [-0.39, 0.29) is 0 Å². The Morgan fingerprint density at radius 2 is 0.923 bits per heavy atom. The largest absolute Gasteiger partial charge is 0.323 e. The predicted octanol–water partition coefficient (Wildman–Crippen LogP) is -4.23. The van der Waals surface area contributed by atoms with Crippen LogP contribution in [0, 0.1) is 40.5 Å². The number of hydrazone groups is 2. The van der Waals surface area contributed by atoms with E-state index in [0.29, 0.717) is 10.0 Å². The average Bonchev–Trinajstić information content (AvgIpc) is 3.04. The van der Waals surface area contributed by atoms with Gasteiger partial charge in [-0.15, -0.1) is 0 Å². The van der Waals surface area contributed by atoms with E-state index in [4.69, 9.17) is 0 Å². The molecule has 4 atom stereocenters. The second-order valence-corrected chi connectivity index (χ2v) is 4.97. The first-order chi connectivity index (χ1) is 12.2. The van der Waals surface area contributed by atoms with Gasteiger partial charge < -0.3 is 21.3 Å². The van der Waals surface area contributed by atoms with Gasteiger partial charge in [-0.3, -0.25) is 0 Å². The van der Waals surface area contributed by atoms with Crippen molar-refractivity contribution in [1.29, 1.82) is 0 Å². The van der Waals surface area contributed by atoms with Crippen LogP contribution in [-0.4, -0.2) is 66.7 Å². The zero-order valence-corrected chi connectivity index (χ0v) is 12.2. The van der Waals surface area contributed by atoms with Gasteiger partial charge in [0, 0.05) is 0 Å². The number of nitro groups is 4. The van der Waals surface area contributed by atoms with E-state index in [1.807, 2.05) is 0 Å². The summed E-state index contributed by atoms with van der Waals surface area (Å²) in [4.78, 5) is 43.8. The normalized spacial score (nSPS) is 28.6. The van der Waals surface area contributed by atoms with Crippen molar-refractivity contribution in [3.05, 3.63) is 40.5 Å². The Labute approximate surface area is 140 Å². The Bertz CT molecular complexity index is 660. The van der Waals surface area contributed by atoms with E-state index in [1.165, 1.54) is 0 Å². The Morgan fingerprint density at radius 1 is 0.654 bits per heavy atom. The average molecular weight is 376 g/mol. The van der Waals surface area contributed by atoms with Gasteiger partial charge in [-0.25, -0.2) is 40.5 Å². The lowest BCUT2D eigenvalue weighted by atomic mass is 10.2. The topological polar surface area (TPSA) is 252 Å². The molecule has 4 unspecified atom stereocenters. The molecule has 0 aromatic rings. The molecule has 3 fully saturated rings. The summed E-state index contributed by atoms with van der Waals surface area (Å²) >= 11 is 0. The van der Waals surface area contributed by atoms with Crippen LogP contribution >= 0.6 is 0 Å². The van der Waals surface area contributed by atoms with Crippen molar-refractivity contribution in [2.45, 2.75) is 24.7 Å². The molecule has 3 heterocycles. The van der Waals surface area contributed by atoms with Crippen molar-refractivity contribution in [2.24, 2.45) is 10.2 Å². The van der Waals surface area contributed by atoms with E-state index in [2.05, 4.69) is 31.5 Å². The summed E-state index contributed by atoms with van der Waals surface area (Å²) in [7, 11) is 0. The maximum atomic E-state index is 11.4. The molecule has 3 aliphatic rings. The fourth-order valence-corrected chi connectivity index (χ4v) is 2.83. The number of guanidine groups is 2. The third kappa shape index (κ3) is 2.59.